The van der Waals surface area contributed by atoms with E-state index < -0.39 is 11.7 Å². The van der Waals surface area contributed by atoms with Crippen LogP contribution in [-0.4, -0.2) is 68.2 Å². The molecule has 26 heavy (non-hydrogen) atoms. The summed E-state index contributed by atoms with van der Waals surface area (Å²) in [5, 5.41) is 9.19. The van der Waals surface area contributed by atoms with Crippen LogP contribution in [0.5, 0.6) is 0 Å². The number of likely N-dealkylation sites (N-methyl/N-ethyl adjacent to an activating group) is 1. The molecule has 0 bridgehead atoms. The van der Waals surface area contributed by atoms with E-state index in [1.54, 1.807) is 20.2 Å². The third-order valence-electron chi connectivity index (χ3n) is 3.67. The second kappa shape index (κ2) is 10.0. The van der Waals surface area contributed by atoms with Gasteiger partial charge in [-0.25, -0.2) is 9.79 Å². The van der Waals surface area contributed by atoms with E-state index in [9.17, 15) is 9.59 Å². The van der Waals surface area contributed by atoms with Gasteiger partial charge in [0, 0.05) is 27.2 Å². The first-order valence-corrected chi connectivity index (χ1v) is 8.95. The van der Waals surface area contributed by atoms with Crippen molar-refractivity contribution in [2.24, 2.45) is 10.9 Å². The minimum atomic E-state index is -0.531. The summed E-state index contributed by atoms with van der Waals surface area (Å²) < 4.78 is 5.34. The molecule has 0 aromatic heterocycles. The maximum absolute atomic E-state index is 12.0. The second-order valence-electron chi connectivity index (χ2n) is 7.59. The molecule has 1 aliphatic rings. The molecule has 1 aliphatic carbocycles. The lowest BCUT2D eigenvalue weighted by atomic mass is 10.2. The molecular weight excluding hydrogens is 334 g/mol. The van der Waals surface area contributed by atoms with Crippen molar-refractivity contribution < 1.29 is 14.3 Å². The molecule has 1 rings (SSSR count). The number of aliphatic imine (C=N–C) groups is 1. The Bertz CT molecular complexity index is 521. The third kappa shape index (κ3) is 9.29. The van der Waals surface area contributed by atoms with Crippen LogP contribution in [0.3, 0.4) is 0 Å². The van der Waals surface area contributed by atoms with Crippen LogP contribution in [0, 0.1) is 5.92 Å². The monoisotopic (exact) mass is 367 g/mol. The van der Waals surface area contributed by atoms with Crippen LogP contribution in [0.1, 0.15) is 33.6 Å². The molecule has 1 atom stereocenters. The van der Waals surface area contributed by atoms with Gasteiger partial charge in [0.05, 0.1) is 6.04 Å². The van der Waals surface area contributed by atoms with Crippen LogP contribution in [0.15, 0.2) is 17.6 Å². The molecule has 3 N–H and O–H groups in total. The molecule has 1 fully saturated rings. The number of carbonyl (C=O) groups is 2. The van der Waals surface area contributed by atoms with Gasteiger partial charge in [0.15, 0.2) is 5.96 Å². The first kappa shape index (κ1) is 21.8. The lowest BCUT2D eigenvalue weighted by Gasteiger charge is -2.24. The Hall–Kier alpha value is -2.25. The lowest BCUT2D eigenvalue weighted by molar-refractivity contribution is -0.127. The Balaban J connectivity index is 2.61. The molecule has 0 aliphatic heterocycles. The molecule has 0 aromatic rings. The van der Waals surface area contributed by atoms with Crippen molar-refractivity contribution in [3.63, 3.8) is 0 Å². The molecule has 2 amide bonds. The third-order valence-corrected chi connectivity index (χ3v) is 3.67. The molecule has 8 heteroatoms. The summed E-state index contributed by atoms with van der Waals surface area (Å²) in [5.41, 5.74) is -0.531. The summed E-state index contributed by atoms with van der Waals surface area (Å²) in [6, 6.07) is -0.0508. The highest BCUT2D eigenvalue weighted by Gasteiger charge is 2.33. The van der Waals surface area contributed by atoms with Gasteiger partial charge in [0.25, 0.3) is 0 Å². The number of hydrogen-bond donors (Lipinski definition) is 3. The number of alkyl carbamates (subject to hydrolysis) is 1. The SMILES string of the molecule is C=CCNC(=NCC(=O)N(C)C)NCC(NC(=O)OC(C)(C)C)C1CC1. The molecule has 148 valence electrons. The summed E-state index contributed by atoms with van der Waals surface area (Å²) in [6.45, 7) is 10.3. The van der Waals surface area contributed by atoms with Gasteiger partial charge in [-0.15, -0.1) is 6.58 Å². The molecule has 0 heterocycles. The van der Waals surface area contributed by atoms with Gasteiger partial charge in [-0.1, -0.05) is 6.08 Å². The second-order valence-corrected chi connectivity index (χ2v) is 7.59. The van der Waals surface area contributed by atoms with Crippen molar-refractivity contribution >= 4 is 18.0 Å². The van der Waals surface area contributed by atoms with Gasteiger partial charge in [-0.3, -0.25) is 4.79 Å². The number of carbonyl (C=O) groups excluding carboxylic acids is 2. The molecule has 0 spiro atoms. The lowest BCUT2D eigenvalue weighted by Crippen LogP contribution is -2.49. The first-order valence-electron chi connectivity index (χ1n) is 8.95. The predicted molar refractivity (Wildman–Crippen MR) is 103 cm³/mol. The van der Waals surface area contributed by atoms with Gasteiger partial charge >= 0.3 is 6.09 Å². The van der Waals surface area contributed by atoms with Crippen LogP contribution in [0.4, 0.5) is 4.79 Å². The highest BCUT2D eigenvalue weighted by molar-refractivity contribution is 5.84. The maximum Gasteiger partial charge on any atom is 0.407 e. The highest BCUT2D eigenvalue weighted by atomic mass is 16.6. The van der Waals surface area contributed by atoms with Crippen molar-refractivity contribution in [1.82, 2.24) is 20.9 Å². The molecule has 1 saturated carbocycles. The maximum atomic E-state index is 12.0. The summed E-state index contributed by atoms with van der Waals surface area (Å²) in [5.74, 6) is 0.853. The number of rotatable bonds is 8. The molecule has 0 saturated heterocycles. The van der Waals surface area contributed by atoms with E-state index in [-0.39, 0.29) is 18.5 Å². The van der Waals surface area contributed by atoms with E-state index in [0.29, 0.717) is 25.0 Å². The van der Waals surface area contributed by atoms with Crippen LogP contribution in [0.2, 0.25) is 0 Å². The Morgan fingerprint density at radius 1 is 1.31 bits per heavy atom. The molecule has 1 unspecified atom stereocenters. The number of nitrogens with zero attached hydrogens (tertiary/aromatic N) is 2. The smallest absolute Gasteiger partial charge is 0.407 e. The fraction of sp³-hybridized carbons (Fsp3) is 0.722. The Morgan fingerprint density at radius 2 is 1.96 bits per heavy atom. The van der Waals surface area contributed by atoms with E-state index >= 15 is 0 Å². The summed E-state index contributed by atoms with van der Waals surface area (Å²) in [6.07, 6.45) is 3.45. The Morgan fingerprint density at radius 3 is 2.46 bits per heavy atom. The Labute approximate surface area is 156 Å². The number of amides is 2. The summed E-state index contributed by atoms with van der Waals surface area (Å²) >= 11 is 0. The average molecular weight is 367 g/mol. The largest absolute Gasteiger partial charge is 0.444 e. The fourth-order valence-electron chi connectivity index (χ4n) is 2.13. The zero-order valence-corrected chi connectivity index (χ0v) is 16.6. The van der Waals surface area contributed by atoms with Crippen LogP contribution >= 0.6 is 0 Å². The molecule has 0 aromatic carbocycles. The summed E-state index contributed by atoms with van der Waals surface area (Å²) in [7, 11) is 3.38. The normalized spacial score (nSPS) is 15.7. The molecule has 8 nitrogen and oxygen atoms in total. The molecular formula is C18H33N5O3. The quantitative estimate of drug-likeness (QED) is 0.339. The van der Waals surface area contributed by atoms with E-state index in [1.807, 2.05) is 20.8 Å². The van der Waals surface area contributed by atoms with Gasteiger partial charge in [-0.05, 0) is 39.5 Å². The van der Waals surface area contributed by atoms with Crippen LogP contribution in [-0.2, 0) is 9.53 Å². The number of hydrogen-bond acceptors (Lipinski definition) is 4. The highest BCUT2D eigenvalue weighted by Crippen LogP contribution is 2.32. The minimum Gasteiger partial charge on any atom is -0.444 e. The topological polar surface area (TPSA) is 95.1 Å². The zero-order chi connectivity index (χ0) is 19.7. The van der Waals surface area contributed by atoms with Crippen molar-refractivity contribution in [3.05, 3.63) is 12.7 Å². The van der Waals surface area contributed by atoms with Crippen molar-refractivity contribution in [3.8, 4) is 0 Å². The van der Waals surface area contributed by atoms with Gasteiger partial charge in [-0.2, -0.15) is 0 Å². The fourth-order valence-corrected chi connectivity index (χ4v) is 2.13. The number of ether oxygens (including phenoxy) is 1. The van der Waals surface area contributed by atoms with E-state index in [4.69, 9.17) is 4.74 Å². The average Bonchev–Trinajstić information content (AvgIpc) is 3.35. The van der Waals surface area contributed by atoms with Crippen molar-refractivity contribution in [2.45, 2.75) is 45.3 Å². The number of guanidine groups is 1. The van der Waals surface area contributed by atoms with E-state index in [0.717, 1.165) is 12.8 Å². The zero-order valence-electron chi connectivity index (χ0n) is 16.6. The Kier molecular flexibility index (Phi) is 8.41. The van der Waals surface area contributed by atoms with Gasteiger partial charge < -0.3 is 25.6 Å². The predicted octanol–water partition coefficient (Wildman–Crippen LogP) is 1.10. The minimum absolute atomic E-state index is 0.0487. The molecule has 0 radical (unpaired) electrons. The van der Waals surface area contributed by atoms with Crippen molar-refractivity contribution in [1.29, 1.82) is 0 Å². The van der Waals surface area contributed by atoms with E-state index in [1.165, 1.54) is 4.90 Å². The van der Waals surface area contributed by atoms with Crippen molar-refractivity contribution in [2.75, 3.05) is 33.7 Å². The van der Waals surface area contributed by atoms with E-state index in [2.05, 4.69) is 27.5 Å². The first-order chi connectivity index (χ1) is 12.1. The number of nitrogens with one attached hydrogen (secondary N) is 3. The standard InChI is InChI=1S/C18H33N5O3/c1-7-10-19-16(21-12-15(24)23(5)6)20-11-14(13-8-9-13)22-17(25)26-18(2,3)4/h7,13-14H,1,8-12H2,2-6H3,(H,22,25)(H2,19,20,21). The van der Waals surface area contributed by atoms with Crippen LogP contribution < -0.4 is 16.0 Å². The van der Waals surface area contributed by atoms with Gasteiger partial charge in [0.2, 0.25) is 5.91 Å². The van der Waals surface area contributed by atoms with Crippen LogP contribution in [0.25, 0.3) is 0 Å². The van der Waals surface area contributed by atoms with Gasteiger partial charge in [0.1, 0.15) is 12.1 Å². The summed E-state index contributed by atoms with van der Waals surface area (Å²) in [4.78, 5) is 29.5.